The van der Waals surface area contributed by atoms with Gasteiger partial charge in [-0.1, -0.05) is 6.07 Å². The first-order valence-corrected chi connectivity index (χ1v) is 6.58. The number of methoxy groups -OCH3 is 1. The highest BCUT2D eigenvalue weighted by Crippen LogP contribution is 2.18. The summed E-state index contributed by atoms with van der Waals surface area (Å²) in [6, 6.07) is 7.76. The van der Waals surface area contributed by atoms with Gasteiger partial charge in [0.25, 0.3) is 0 Å². The van der Waals surface area contributed by atoms with Gasteiger partial charge in [0.15, 0.2) is 0 Å². The lowest BCUT2D eigenvalue weighted by molar-refractivity contribution is -0.00000461. The summed E-state index contributed by atoms with van der Waals surface area (Å²) in [5.74, 6) is 1.73. The van der Waals surface area contributed by atoms with Gasteiger partial charge >= 0.3 is 0 Å². The van der Waals surface area contributed by atoms with Gasteiger partial charge in [0.1, 0.15) is 11.5 Å². The van der Waals surface area contributed by atoms with Crippen molar-refractivity contribution in [2.45, 2.75) is 6.42 Å². The molecule has 0 bridgehead atoms. The number of ether oxygens (including phenoxy) is 2. The number of benzene rings is 1. The van der Waals surface area contributed by atoms with E-state index in [9.17, 15) is 0 Å². The van der Waals surface area contributed by atoms with Crippen molar-refractivity contribution in [1.29, 1.82) is 0 Å². The van der Waals surface area contributed by atoms with Crippen molar-refractivity contribution in [3.05, 3.63) is 24.3 Å². The molecule has 5 heteroatoms. The molecular weight excluding hydrogens is 264 g/mol. The molecule has 1 aromatic rings. The highest BCUT2D eigenvalue weighted by molar-refractivity contribution is 5.32. The third-order valence-corrected chi connectivity index (χ3v) is 3.14. The van der Waals surface area contributed by atoms with Crippen LogP contribution in [0.4, 0.5) is 0 Å². The molecule has 0 radical (unpaired) electrons. The first kappa shape index (κ1) is 16.1. The van der Waals surface area contributed by atoms with Crippen LogP contribution in [0.5, 0.6) is 11.5 Å². The zero-order valence-corrected chi connectivity index (χ0v) is 12.2. The predicted octanol–water partition coefficient (Wildman–Crippen LogP) is -1.63. The van der Waals surface area contributed by atoms with Gasteiger partial charge in [-0.3, -0.25) is 0 Å². The Morgan fingerprint density at radius 1 is 1.21 bits per heavy atom. The van der Waals surface area contributed by atoms with Crippen molar-refractivity contribution < 1.29 is 21.9 Å². The number of hydrogen-bond acceptors (Lipinski definition) is 4. The summed E-state index contributed by atoms with van der Waals surface area (Å²) in [7, 11) is 1.67. The van der Waals surface area contributed by atoms with Crippen LogP contribution in [-0.2, 0) is 0 Å². The third kappa shape index (κ3) is 5.68. The summed E-state index contributed by atoms with van der Waals surface area (Å²) in [5, 5.41) is 3.36. The van der Waals surface area contributed by atoms with Crippen molar-refractivity contribution in [2.75, 3.05) is 46.4 Å². The molecule has 0 spiro atoms. The molecule has 0 unspecified atom stereocenters. The summed E-state index contributed by atoms with van der Waals surface area (Å²) in [4.78, 5) is 2.48. The molecule has 2 rings (SSSR count). The molecule has 1 aromatic carbocycles. The lowest BCUT2D eigenvalue weighted by atomic mass is 10.3. The van der Waals surface area contributed by atoms with E-state index >= 15 is 0 Å². The maximum absolute atomic E-state index is 5.72. The molecule has 1 fully saturated rings. The number of rotatable bonds is 6. The normalized spacial score (nSPS) is 15.6. The number of nitrogens with one attached hydrogen (secondary N) is 1. The summed E-state index contributed by atoms with van der Waals surface area (Å²) in [6.45, 7) is 6.40. The SMILES string of the molecule is COc1cccc(OCCCN2CCNCC2)c1.[Cl-]. The van der Waals surface area contributed by atoms with Gasteiger partial charge in [-0.25, -0.2) is 0 Å². The van der Waals surface area contributed by atoms with E-state index < -0.39 is 0 Å². The van der Waals surface area contributed by atoms with Crippen LogP contribution in [0.1, 0.15) is 6.42 Å². The largest absolute Gasteiger partial charge is 1.00 e. The van der Waals surface area contributed by atoms with Crippen LogP contribution < -0.4 is 27.2 Å². The summed E-state index contributed by atoms with van der Waals surface area (Å²) >= 11 is 0. The molecule has 0 saturated carbocycles. The van der Waals surface area contributed by atoms with Gasteiger partial charge in [0.2, 0.25) is 0 Å². The molecule has 1 aliphatic rings. The molecule has 0 aromatic heterocycles. The Kier molecular flexibility index (Phi) is 7.63. The van der Waals surface area contributed by atoms with Crippen LogP contribution in [-0.4, -0.2) is 51.3 Å². The van der Waals surface area contributed by atoms with Crippen molar-refractivity contribution >= 4 is 0 Å². The zero-order valence-electron chi connectivity index (χ0n) is 11.4. The van der Waals surface area contributed by atoms with Gasteiger partial charge in [0.05, 0.1) is 13.7 Å². The Morgan fingerprint density at radius 2 is 1.95 bits per heavy atom. The van der Waals surface area contributed by atoms with Crippen LogP contribution in [0.15, 0.2) is 24.3 Å². The number of hydrogen-bond donors (Lipinski definition) is 1. The Hall–Kier alpha value is -0.970. The van der Waals surface area contributed by atoms with Crippen LogP contribution in [0, 0.1) is 0 Å². The van der Waals surface area contributed by atoms with E-state index in [-0.39, 0.29) is 12.4 Å². The molecule has 0 amide bonds. The fourth-order valence-corrected chi connectivity index (χ4v) is 2.10. The number of halogens is 1. The van der Waals surface area contributed by atoms with E-state index in [2.05, 4.69) is 10.2 Å². The van der Waals surface area contributed by atoms with Crippen molar-refractivity contribution in [2.24, 2.45) is 0 Å². The molecule has 4 nitrogen and oxygen atoms in total. The number of nitrogens with zero attached hydrogens (tertiary/aromatic N) is 1. The Morgan fingerprint density at radius 3 is 2.68 bits per heavy atom. The average molecular weight is 286 g/mol. The van der Waals surface area contributed by atoms with Crippen molar-refractivity contribution in [1.82, 2.24) is 10.2 Å². The second-order valence-corrected chi connectivity index (χ2v) is 4.47. The van der Waals surface area contributed by atoms with Gasteiger partial charge in [-0.2, -0.15) is 0 Å². The van der Waals surface area contributed by atoms with E-state index in [0.29, 0.717) is 0 Å². The molecule has 0 atom stereocenters. The number of piperazine rings is 1. The molecule has 0 aliphatic carbocycles. The third-order valence-electron chi connectivity index (χ3n) is 3.14. The fraction of sp³-hybridized carbons (Fsp3) is 0.571. The average Bonchev–Trinajstić information content (AvgIpc) is 2.45. The molecule has 1 heterocycles. The van der Waals surface area contributed by atoms with E-state index in [1.54, 1.807) is 7.11 Å². The molecule has 108 valence electrons. The van der Waals surface area contributed by atoms with Crippen LogP contribution >= 0.6 is 0 Å². The topological polar surface area (TPSA) is 33.7 Å². The zero-order chi connectivity index (χ0) is 12.6. The maximum Gasteiger partial charge on any atom is 0.122 e. The van der Waals surface area contributed by atoms with Gasteiger partial charge in [0, 0.05) is 38.8 Å². The van der Waals surface area contributed by atoms with E-state index in [1.165, 1.54) is 0 Å². The Bertz CT molecular complexity index is 357. The van der Waals surface area contributed by atoms with Gasteiger partial charge < -0.3 is 32.1 Å². The first-order chi connectivity index (χ1) is 8.88. The van der Waals surface area contributed by atoms with Crippen LogP contribution in [0.25, 0.3) is 0 Å². The monoisotopic (exact) mass is 285 g/mol. The lowest BCUT2D eigenvalue weighted by Crippen LogP contribution is -3.00. The molecule has 19 heavy (non-hydrogen) atoms. The van der Waals surface area contributed by atoms with Crippen LogP contribution in [0.3, 0.4) is 0 Å². The quantitative estimate of drug-likeness (QED) is 0.637. The second-order valence-electron chi connectivity index (χ2n) is 4.47. The molecule has 1 aliphatic heterocycles. The first-order valence-electron chi connectivity index (χ1n) is 6.58. The second kappa shape index (κ2) is 9.02. The fourth-order valence-electron chi connectivity index (χ4n) is 2.10. The van der Waals surface area contributed by atoms with E-state index in [1.807, 2.05) is 24.3 Å². The maximum atomic E-state index is 5.72. The Balaban J connectivity index is 0.00000180. The molecular formula is C14H22ClN2O2-. The van der Waals surface area contributed by atoms with E-state index in [4.69, 9.17) is 9.47 Å². The molecule has 1 saturated heterocycles. The minimum absolute atomic E-state index is 0. The van der Waals surface area contributed by atoms with Crippen molar-refractivity contribution in [3.63, 3.8) is 0 Å². The smallest absolute Gasteiger partial charge is 0.122 e. The lowest BCUT2D eigenvalue weighted by Gasteiger charge is -2.26. The molecule has 1 N–H and O–H groups in total. The summed E-state index contributed by atoms with van der Waals surface area (Å²) < 4.78 is 10.9. The van der Waals surface area contributed by atoms with Crippen molar-refractivity contribution in [3.8, 4) is 11.5 Å². The highest BCUT2D eigenvalue weighted by Gasteiger charge is 2.08. The summed E-state index contributed by atoms with van der Waals surface area (Å²) in [5.41, 5.74) is 0. The van der Waals surface area contributed by atoms with Crippen LogP contribution in [0.2, 0.25) is 0 Å². The Labute approximate surface area is 121 Å². The standard InChI is InChI=1S/C14H22N2O2.ClH/c1-17-13-4-2-5-14(12-13)18-11-3-8-16-9-6-15-7-10-16;/h2,4-5,12,15H,3,6-11H2,1H3;1H/p-1. The predicted molar refractivity (Wildman–Crippen MR) is 72.4 cm³/mol. The summed E-state index contributed by atoms with van der Waals surface area (Å²) in [6.07, 6.45) is 1.07. The minimum atomic E-state index is 0. The van der Waals surface area contributed by atoms with E-state index in [0.717, 1.165) is 57.3 Å². The minimum Gasteiger partial charge on any atom is -1.00 e. The van der Waals surface area contributed by atoms with Gasteiger partial charge in [-0.05, 0) is 18.6 Å². The van der Waals surface area contributed by atoms with Gasteiger partial charge in [-0.15, -0.1) is 0 Å². The highest BCUT2D eigenvalue weighted by atomic mass is 35.5.